The van der Waals surface area contributed by atoms with Crippen molar-refractivity contribution in [2.24, 2.45) is 5.73 Å². The Balaban J connectivity index is 0.00000112. The van der Waals surface area contributed by atoms with Gasteiger partial charge in [0.2, 0.25) is 0 Å². The van der Waals surface area contributed by atoms with E-state index in [4.69, 9.17) is 5.73 Å². The molecule has 2 N–H and O–H groups in total. The Labute approximate surface area is 118 Å². The Morgan fingerprint density at radius 3 is 2.69 bits per heavy atom. The fourth-order valence-electron chi connectivity index (χ4n) is 1.90. The molecule has 0 radical (unpaired) electrons. The normalized spacial score (nSPS) is 20.0. The summed E-state index contributed by atoms with van der Waals surface area (Å²) in [6, 6.07) is 8.84. The fourth-order valence-corrected chi connectivity index (χ4v) is 2.35. The van der Waals surface area contributed by atoms with Crippen molar-refractivity contribution in [3.8, 4) is 0 Å². The maximum absolute atomic E-state index is 5.86. The van der Waals surface area contributed by atoms with Crippen LogP contribution in [0, 0.1) is 0 Å². The average molecular weight is 328 g/mol. The van der Waals surface area contributed by atoms with Gasteiger partial charge in [-0.3, -0.25) is 4.90 Å². The molecule has 0 unspecified atom stereocenters. The number of nitrogens with zero attached hydrogens (tertiary/aromatic N) is 1. The second-order valence-electron chi connectivity index (χ2n) is 3.91. The van der Waals surface area contributed by atoms with E-state index < -0.39 is 0 Å². The molecule has 1 aromatic rings. The monoisotopic (exact) mass is 326 g/mol. The number of hydrogen-bond donors (Lipinski definition) is 1. The average Bonchev–Trinajstić information content (AvgIpc) is 2.51. The van der Waals surface area contributed by atoms with E-state index in [1.165, 1.54) is 5.56 Å². The number of halogens is 3. The summed E-state index contributed by atoms with van der Waals surface area (Å²) >= 11 is 3.48. The van der Waals surface area contributed by atoms with Crippen LogP contribution in [0.3, 0.4) is 0 Å². The molecule has 1 aliphatic heterocycles. The van der Waals surface area contributed by atoms with Crippen LogP contribution in [0.5, 0.6) is 0 Å². The minimum atomic E-state index is 0. The number of nitrogens with two attached hydrogens (primary N) is 1. The van der Waals surface area contributed by atoms with Crippen LogP contribution in [-0.2, 0) is 6.54 Å². The van der Waals surface area contributed by atoms with Gasteiger partial charge in [0.25, 0.3) is 0 Å². The van der Waals surface area contributed by atoms with Crippen molar-refractivity contribution < 1.29 is 0 Å². The van der Waals surface area contributed by atoms with E-state index in [0.29, 0.717) is 6.04 Å². The van der Waals surface area contributed by atoms with Crippen molar-refractivity contribution in [3.05, 3.63) is 34.3 Å². The number of hydrogen-bond acceptors (Lipinski definition) is 2. The van der Waals surface area contributed by atoms with Crippen molar-refractivity contribution in [1.29, 1.82) is 0 Å². The number of rotatable bonds is 2. The highest BCUT2D eigenvalue weighted by Gasteiger charge is 2.18. The zero-order valence-electron chi connectivity index (χ0n) is 8.93. The van der Waals surface area contributed by atoms with Crippen molar-refractivity contribution in [2.45, 2.75) is 19.0 Å². The third kappa shape index (κ3) is 4.60. The summed E-state index contributed by atoms with van der Waals surface area (Å²) < 4.78 is 1.15. The molecule has 1 saturated heterocycles. The molecule has 5 heteroatoms. The second kappa shape index (κ2) is 7.51. The highest BCUT2D eigenvalue weighted by Crippen LogP contribution is 2.16. The van der Waals surface area contributed by atoms with Gasteiger partial charge in [0.1, 0.15) is 0 Å². The van der Waals surface area contributed by atoms with Crippen molar-refractivity contribution >= 4 is 40.7 Å². The van der Waals surface area contributed by atoms with E-state index in [2.05, 4.69) is 45.1 Å². The van der Waals surface area contributed by atoms with Crippen LogP contribution in [0.15, 0.2) is 28.7 Å². The summed E-state index contributed by atoms with van der Waals surface area (Å²) in [6.45, 7) is 3.19. The molecule has 92 valence electrons. The molecule has 2 nitrogen and oxygen atoms in total. The first-order valence-corrected chi connectivity index (χ1v) is 5.76. The Hall–Kier alpha value is 0.200. The molecule has 0 amide bonds. The summed E-state index contributed by atoms with van der Waals surface area (Å²) in [5.41, 5.74) is 7.21. The largest absolute Gasteiger partial charge is 0.326 e. The SMILES string of the molecule is Cl.Cl.N[C@@H]1CCN(Cc2cccc(Br)c2)C1. The van der Waals surface area contributed by atoms with E-state index >= 15 is 0 Å². The molecular formula is C11H17BrCl2N2. The molecular weight excluding hydrogens is 311 g/mol. The molecule has 1 fully saturated rings. The Morgan fingerprint density at radius 2 is 2.12 bits per heavy atom. The quantitative estimate of drug-likeness (QED) is 0.905. The molecule has 1 heterocycles. The minimum Gasteiger partial charge on any atom is -0.326 e. The van der Waals surface area contributed by atoms with Crippen LogP contribution in [0.1, 0.15) is 12.0 Å². The van der Waals surface area contributed by atoms with Gasteiger partial charge in [-0.1, -0.05) is 28.1 Å². The molecule has 1 aliphatic rings. The Kier molecular flexibility index (Phi) is 7.61. The molecule has 0 spiro atoms. The van der Waals surface area contributed by atoms with Gasteiger partial charge in [0.15, 0.2) is 0 Å². The molecule has 1 aromatic carbocycles. The molecule has 0 bridgehead atoms. The van der Waals surface area contributed by atoms with Crippen molar-refractivity contribution in [1.82, 2.24) is 4.90 Å². The molecule has 1 atom stereocenters. The zero-order valence-corrected chi connectivity index (χ0v) is 12.2. The first-order chi connectivity index (χ1) is 6.74. The summed E-state index contributed by atoms with van der Waals surface area (Å²) in [5.74, 6) is 0. The lowest BCUT2D eigenvalue weighted by molar-refractivity contribution is 0.327. The van der Waals surface area contributed by atoms with Crippen molar-refractivity contribution in [3.63, 3.8) is 0 Å². The summed E-state index contributed by atoms with van der Waals surface area (Å²) in [6.07, 6.45) is 1.13. The van der Waals surface area contributed by atoms with E-state index in [9.17, 15) is 0 Å². The molecule has 0 aliphatic carbocycles. The molecule has 0 aromatic heterocycles. The van der Waals surface area contributed by atoms with E-state index in [1.54, 1.807) is 0 Å². The third-order valence-electron chi connectivity index (χ3n) is 2.60. The zero-order chi connectivity index (χ0) is 9.97. The topological polar surface area (TPSA) is 29.3 Å². The van der Waals surface area contributed by atoms with Gasteiger partial charge in [-0.2, -0.15) is 0 Å². The standard InChI is InChI=1S/C11H15BrN2.2ClH/c12-10-3-1-2-9(6-10)7-14-5-4-11(13)8-14;;/h1-3,6,11H,4-5,7-8,13H2;2*1H/t11-;;/m1../s1. The van der Waals surface area contributed by atoms with Crippen LogP contribution >= 0.6 is 40.7 Å². The molecule has 2 rings (SSSR count). The summed E-state index contributed by atoms with van der Waals surface area (Å²) in [4.78, 5) is 2.41. The van der Waals surface area contributed by atoms with Crippen LogP contribution in [-0.4, -0.2) is 24.0 Å². The van der Waals surface area contributed by atoms with Crippen LogP contribution < -0.4 is 5.73 Å². The van der Waals surface area contributed by atoms with E-state index in [0.717, 1.165) is 30.5 Å². The minimum absolute atomic E-state index is 0. The highest BCUT2D eigenvalue weighted by molar-refractivity contribution is 9.10. The first kappa shape index (κ1) is 16.2. The van der Waals surface area contributed by atoms with E-state index in [1.807, 2.05) is 0 Å². The lowest BCUT2D eigenvalue weighted by Crippen LogP contribution is -2.26. The van der Waals surface area contributed by atoms with Crippen LogP contribution in [0.2, 0.25) is 0 Å². The smallest absolute Gasteiger partial charge is 0.0234 e. The number of likely N-dealkylation sites (tertiary alicyclic amines) is 1. The predicted octanol–water partition coefficient (Wildman–Crippen LogP) is 2.83. The van der Waals surface area contributed by atoms with Crippen LogP contribution in [0.25, 0.3) is 0 Å². The van der Waals surface area contributed by atoms with Gasteiger partial charge < -0.3 is 5.73 Å². The maximum atomic E-state index is 5.86. The Bertz CT molecular complexity index is 323. The maximum Gasteiger partial charge on any atom is 0.0234 e. The van der Waals surface area contributed by atoms with Gasteiger partial charge in [0, 0.05) is 30.1 Å². The lowest BCUT2D eigenvalue weighted by Gasteiger charge is -2.15. The van der Waals surface area contributed by atoms with Gasteiger partial charge in [-0.15, -0.1) is 24.8 Å². The third-order valence-corrected chi connectivity index (χ3v) is 3.10. The van der Waals surface area contributed by atoms with Crippen molar-refractivity contribution in [2.75, 3.05) is 13.1 Å². The predicted molar refractivity (Wildman–Crippen MR) is 76.5 cm³/mol. The molecule has 16 heavy (non-hydrogen) atoms. The van der Waals surface area contributed by atoms with E-state index in [-0.39, 0.29) is 24.8 Å². The van der Waals surface area contributed by atoms with Gasteiger partial charge in [-0.25, -0.2) is 0 Å². The summed E-state index contributed by atoms with van der Waals surface area (Å²) in [5, 5.41) is 0. The lowest BCUT2D eigenvalue weighted by atomic mass is 10.2. The number of benzene rings is 1. The Morgan fingerprint density at radius 1 is 1.38 bits per heavy atom. The van der Waals surface area contributed by atoms with Gasteiger partial charge in [0.05, 0.1) is 0 Å². The highest BCUT2D eigenvalue weighted by atomic mass is 79.9. The first-order valence-electron chi connectivity index (χ1n) is 4.96. The van der Waals surface area contributed by atoms with Crippen LogP contribution in [0.4, 0.5) is 0 Å². The fraction of sp³-hybridized carbons (Fsp3) is 0.455. The van der Waals surface area contributed by atoms with Gasteiger partial charge in [-0.05, 0) is 24.1 Å². The van der Waals surface area contributed by atoms with Gasteiger partial charge >= 0.3 is 0 Å². The summed E-state index contributed by atoms with van der Waals surface area (Å²) in [7, 11) is 0. The molecule has 0 saturated carbocycles. The second-order valence-corrected chi connectivity index (χ2v) is 4.83.